The third-order valence-electron chi connectivity index (χ3n) is 3.06. The lowest BCUT2D eigenvalue weighted by atomic mass is 10.0. The molecule has 7 heteroatoms. The van der Waals surface area contributed by atoms with E-state index in [4.69, 9.17) is 5.11 Å². The number of carbonyl (C=O) groups excluding carboxylic acids is 1. The van der Waals surface area contributed by atoms with Crippen molar-refractivity contribution in [1.29, 1.82) is 0 Å². The predicted molar refractivity (Wildman–Crippen MR) is 74.9 cm³/mol. The van der Waals surface area contributed by atoms with Gasteiger partial charge >= 0.3 is 5.97 Å². The minimum Gasteiger partial charge on any atom is -0.478 e. The monoisotopic (exact) mass is 289 g/mol. The van der Waals surface area contributed by atoms with Crippen molar-refractivity contribution < 1.29 is 14.7 Å². The zero-order chi connectivity index (χ0) is 14.1. The summed E-state index contributed by atoms with van der Waals surface area (Å²) >= 11 is 1.49. The number of thioether (sulfide) groups is 1. The SMILES string of the molecule is O=C1CS[C@@H](c2ccc(C(=O)O)cc2)c2cn[nH]c2N1. The van der Waals surface area contributed by atoms with Gasteiger partial charge in [0.25, 0.3) is 0 Å². The molecule has 102 valence electrons. The van der Waals surface area contributed by atoms with Crippen molar-refractivity contribution >= 4 is 29.5 Å². The molecule has 1 atom stereocenters. The molecular formula is C13H11N3O3S. The Balaban J connectivity index is 1.97. The summed E-state index contributed by atoms with van der Waals surface area (Å²) in [6.45, 7) is 0. The number of hydrogen-bond acceptors (Lipinski definition) is 4. The van der Waals surface area contributed by atoms with Crippen LogP contribution < -0.4 is 5.32 Å². The summed E-state index contributed by atoms with van der Waals surface area (Å²) in [5.74, 6) is -0.0863. The van der Waals surface area contributed by atoms with Crippen LogP contribution in [0.4, 0.5) is 5.82 Å². The van der Waals surface area contributed by atoms with E-state index in [9.17, 15) is 9.59 Å². The van der Waals surface area contributed by atoms with Gasteiger partial charge in [-0.05, 0) is 17.7 Å². The minimum atomic E-state index is -0.953. The number of aromatic carboxylic acids is 1. The van der Waals surface area contributed by atoms with Crippen LogP contribution in [-0.2, 0) is 4.79 Å². The van der Waals surface area contributed by atoms with E-state index in [0.29, 0.717) is 11.6 Å². The summed E-state index contributed by atoms with van der Waals surface area (Å²) < 4.78 is 0. The van der Waals surface area contributed by atoms with Crippen molar-refractivity contribution in [3.63, 3.8) is 0 Å². The molecular weight excluding hydrogens is 278 g/mol. The van der Waals surface area contributed by atoms with E-state index >= 15 is 0 Å². The van der Waals surface area contributed by atoms with Crippen molar-refractivity contribution in [2.45, 2.75) is 5.25 Å². The Morgan fingerprint density at radius 3 is 2.80 bits per heavy atom. The Bertz CT molecular complexity index is 666. The van der Waals surface area contributed by atoms with E-state index in [0.717, 1.165) is 11.1 Å². The fraction of sp³-hybridized carbons (Fsp3) is 0.154. The van der Waals surface area contributed by atoms with Gasteiger partial charge in [0.15, 0.2) is 0 Å². The number of fused-ring (bicyclic) bond motifs is 1. The Hall–Kier alpha value is -2.28. The molecule has 20 heavy (non-hydrogen) atoms. The summed E-state index contributed by atoms with van der Waals surface area (Å²) in [5.41, 5.74) is 2.08. The molecule has 6 nitrogen and oxygen atoms in total. The number of nitrogens with zero attached hydrogens (tertiary/aromatic N) is 1. The molecule has 0 spiro atoms. The van der Waals surface area contributed by atoms with Crippen LogP contribution in [0.3, 0.4) is 0 Å². The number of benzene rings is 1. The first kappa shape index (κ1) is 12.7. The molecule has 0 unspecified atom stereocenters. The van der Waals surface area contributed by atoms with Gasteiger partial charge in [0.05, 0.1) is 22.8 Å². The summed E-state index contributed by atoms with van der Waals surface area (Å²) in [7, 11) is 0. The number of anilines is 1. The van der Waals surface area contributed by atoms with Crippen LogP contribution in [0.1, 0.15) is 26.7 Å². The highest BCUT2D eigenvalue weighted by Crippen LogP contribution is 2.40. The van der Waals surface area contributed by atoms with E-state index in [1.54, 1.807) is 30.5 Å². The average Bonchev–Trinajstić information content (AvgIpc) is 2.81. The molecule has 1 aromatic carbocycles. The molecule has 0 saturated heterocycles. The smallest absolute Gasteiger partial charge is 0.335 e. The number of aromatic amines is 1. The molecule has 0 bridgehead atoms. The lowest BCUT2D eigenvalue weighted by molar-refractivity contribution is -0.113. The largest absolute Gasteiger partial charge is 0.478 e. The first-order valence-electron chi connectivity index (χ1n) is 5.93. The first-order valence-corrected chi connectivity index (χ1v) is 6.98. The maximum Gasteiger partial charge on any atom is 0.335 e. The first-order chi connectivity index (χ1) is 9.65. The van der Waals surface area contributed by atoms with Crippen molar-refractivity contribution in [1.82, 2.24) is 10.2 Å². The van der Waals surface area contributed by atoms with Gasteiger partial charge in [-0.2, -0.15) is 5.10 Å². The number of nitrogens with one attached hydrogen (secondary N) is 2. The van der Waals surface area contributed by atoms with Gasteiger partial charge in [-0.25, -0.2) is 4.79 Å². The van der Waals surface area contributed by atoms with Crippen LogP contribution in [-0.4, -0.2) is 32.9 Å². The van der Waals surface area contributed by atoms with Crippen molar-refractivity contribution in [3.8, 4) is 0 Å². The average molecular weight is 289 g/mol. The van der Waals surface area contributed by atoms with Crippen LogP contribution in [0.25, 0.3) is 0 Å². The Kier molecular flexibility index (Phi) is 3.19. The Morgan fingerprint density at radius 2 is 2.10 bits per heavy atom. The summed E-state index contributed by atoms with van der Waals surface area (Å²) in [4.78, 5) is 22.5. The maximum atomic E-state index is 11.6. The molecule has 1 aliphatic rings. The summed E-state index contributed by atoms with van der Waals surface area (Å²) in [6, 6.07) is 6.68. The van der Waals surface area contributed by atoms with E-state index in [2.05, 4.69) is 15.5 Å². The van der Waals surface area contributed by atoms with Gasteiger partial charge in [0.1, 0.15) is 5.82 Å². The number of aromatic nitrogens is 2. The molecule has 0 fully saturated rings. The fourth-order valence-corrected chi connectivity index (χ4v) is 3.19. The zero-order valence-electron chi connectivity index (χ0n) is 10.3. The second kappa shape index (κ2) is 5.01. The van der Waals surface area contributed by atoms with Crippen molar-refractivity contribution in [2.24, 2.45) is 0 Å². The lowest BCUT2D eigenvalue weighted by Crippen LogP contribution is -2.12. The molecule has 0 radical (unpaired) electrons. The van der Waals surface area contributed by atoms with E-state index < -0.39 is 5.97 Å². The minimum absolute atomic E-state index is 0.0504. The Labute approximate surface area is 118 Å². The summed E-state index contributed by atoms with van der Waals surface area (Å²) in [6.07, 6.45) is 1.68. The number of rotatable bonds is 2. The van der Waals surface area contributed by atoms with Gasteiger partial charge in [-0.3, -0.25) is 9.89 Å². The van der Waals surface area contributed by atoms with E-state index in [1.807, 2.05) is 0 Å². The number of hydrogen-bond donors (Lipinski definition) is 3. The van der Waals surface area contributed by atoms with Crippen LogP contribution >= 0.6 is 11.8 Å². The van der Waals surface area contributed by atoms with Gasteiger partial charge in [0.2, 0.25) is 5.91 Å². The summed E-state index contributed by atoms with van der Waals surface area (Å²) in [5, 5.41) is 18.3. The van der Waals surface area contributed by atoms with Crippen LogP contribution in [0.15, 0.2) is 30.5 Å². The predicted octanol–water partition coefficient (Wildman–Crippen LogP) is 1.88. The molecule has 1 aliphatic heterocycles. The van der Waals surface area contributed by atoms with Crippen LogP contribution in [0.2, 0.25) is 0 Å². The van der Waals surface area contributed by atoms with Crippen molar-refractivity contribution in [2.75, 3.05) is 11.1 Å². The highest BCUT2D eigenvalue weighted by molar-refractivity contribution is 8.00. The molecule has 3 N–H and O–H groups in total. The molecule has 3 rings (SSSR count). The van der Waals surface area contributed by atoms with Gasteiger partial charge in [-0.1, -0.05) is 12.1 Å². The molecule has 2 aromatic rings. The highest BCUT2D eigenvalue weighted by atomic mass is 32.2. The second-order valence-corrected chi connectivity index (χ2v) is 5.46. The number of H-pyrrole nitrogens is 1. The number of carboxylic acids is 1. The molecule has 0 saturated carbocycles. The third kappa shape index (κ3) is 2.27. The van der Waals surface area contributed by atoms with Crippen molar-refractivity contribution in [3.05, 3.63) is 47.2 Å². The topological polar surface area (TPSA) is 95.1 Å². The van der Waals surface area contributed by atoms with E-state index in [1.165, 1.54) is 11.8 Å². The lowest BCUT2D eigenvalue weighted by Gasteiger charge is -2.13. The maximum absolute atomic E-state index is 11.6. The van der Waals surface area contributed by atoms with Crippen LogP contribution in [0, 0.1) is 0 Å². The highest BCUT2D eigenvalue weighted by Gasteiger charge is 2.25. The number of carbonyl (C=O) groups is 2. The van der Waals surface area contributed by atoms with Gasteiger partial charge < -0.3 is 10.4 Å². The normalized spacial score (nSPS) is 18.0. The Morgan fingerprint density at radius 1 is 1.35 bits per heavy atom. The standard InChI is InChI=1S/C13H11N3O3S/c17-10-6-20-11(9-5-14-16-12(9)15-10)7-1-3-8(4-2-7)13(18)19/h1-5,11H,6H2,(H,18,19)(H2,14,15,16,17)/t11-/m0/s1. The van der Waals surface area contributed by atoms with E-state index in [-0.39, 0.29) is 16.7 Å². The third-order valence-corrected chi connectivity index (χ3v) is 4.35. The molecule has 1 aromatic heterocycles. The van der Waals surface area contributed by atoms with Crippen LogP contribution in [0.5, 0.6) is 0 Å². The quantitative estimate of drug-likeness (QED) is 0.784. The van der Waals surface area contributed by atoms with Gasteiger partial charge in [-0.15, -0.1) is 11.8 Å². The zero-order valence-corrected chi connectivity index (χ0v) is 11.1. The molecule has 1 amide bonds. The second-order valence-electron chi connectivity index (χ2n) is 4.37. The fourth-order valence-electron chi connectivity index (χ4n) is 2.09. The molecule has 0 aliphatic carbocycles. The number of carboxylic acid groups (broad SMARTS) is 1. The number of amides is 1. The molecule has 2 heterocycles. The van der Waals surface area contributed by atoms with Gasteiger partial charge in [0, 0.05) is 5.56 Å².